The van der Waals surface area contributed by atoms with Crippen molar-refractivity contribution in [3.63, 3.8) is 0 Å². The molecule has 31 heavy (non-hydrogen) atoms. The molecule has 5 nitrogen and oxygen atoms in total. The van der Waals surface area contributed by atoms with E-state index in [9.17, 15) is 14.7 Å². The molecule has 0 aliphatic rings. The van der Waals surface area contributed by atoms with Crippen LogP contribution in [0.2, 0.25) is 0 Å². The van der Waals surface area contributed by atoms with Gasteiger partial charge in [0.05, 0.1) is 5.56 Å². The SMILES string of the molecule is CCCCCN(C(=O)/C=C(/C)c1ccc2ccccc2c1)c1ccc(N)c(C(=O)O)c1. The number of carbonyl (C=O) groups excluding carboxylic acids is 1. The van der Waals surface area contributed by atoms with Crippen LogP contribution in [0.25, 0.3) is 16.3 Å². The van der Waals surface area contributed by atoms with Crippen LogP contribution in [0, 0.1) is 0 Å². The topological polar surface area (TPSA) is 83.6 Å². The molecule has 1 amide bonds. The summed E-state index contributed by atoms with van der Waals surface area (Å²) in [5.41, 5.74) is 8.34. The summed E-state index contributed by atoms with van der Waals surface area (Å²) in [6, 6.07) is 18.9. The number of carboxylic acid groups (broad SMARTS) is 1. The molecule has 0 fully saturated rings. The number of fused-ring (bicyclic) bond motifs is 1. The van der Waals surface area contributed by atoms with Crippen LogP contribution < -0.4 is 10.6 Å². The summed E-state index contributed by atoms with van der Waals surface area (Å²) < 4.78 is 0. The number of unbranched alkanes of at least 4 members (excludes halogenated alkanes) is 2. The van der Waals surface area contributed by atoms with Gasteiger partial charge >= 0.3 is 5.97 Å². The first-order chi connectivity index (χ1) is 14.9. The lowest BCUT2D eigenvalue weighted by atomic mass is 10.0. The van der Waals surface area contributed by atoms with E-state index in [4.69, 9.17) is 5.73 Å². The van der Waals surface area contributed by atoms with Gasteiger partial charge in [0.2, 0.25) is 0 Å². The lowest BCUT2D eigenvalue weighted by Gasteiger charge is -2.23. The summed E-state index contributed by atoms with van der Waals surface area (Å²) >= 11 is 0. The van der Waals surface area contributed by atoms with Crippen LogP contribution in [-0.4, -0.2) is 23.5 Å². The molecule has 160 valence electrons. The Hall–Kier alpha value is -3.60. The number of allylic oxidation sites excluding steroid dienone is 1. The van der Waals surface area contributed by atoms with Crippen LogP contribution in [0.15, 0.2) is 66.7 Å². The van der Waals surface area contributed by atoms with E-state index in [1.54, 1.807) is 23.1 Å². The first-order valence-corrected chi connectivity index (χ1v) is 10.5. The Balaban J connectivity index is 1.93. The Kier molecular flexibility index (Phi) is 7.08. The summed E-state index contributed by atoms with van der Waals surface area (Å²) in [4.78, 5) is 26.4. The third kappa shape index (κ3) is 5.31. The lowest BCUT2D eigenvalue weighted by Crippen LogP contribution is -2.31. The predicted octanol–water partition coefficient (Wildman–Crippen LogP) is 5.75. The van der Waals surface area contributed by atoms with Crippen molar-refractivity contribution in [2.45, 2.75) is 33.1 Å². The standard InChI is InChI=1S/C26H28N2O3/c1-3-4-7-14-28(22-12-13-24(27)23(17-22)26(30)31)25(29)15-18(2)20-11-10-19-8-5-6-9-21(19)16-20/h5-6,8-13,15-17H,3-4,7,14,27H2,1-2H3,(H,30,31)/b18-15-. The molecule has 0 radical (unpaired) electrons. The fourth-order valence-corrected chi connectivity index (χ4v) is 3.56. The van der Waals surface area contributed by atoms with Gasteiger partial charge in [0.15, 0.2) is 0 Å². The molecule has 3 rings (SSSR count). The zero-order chi connectivity index (χ0) is 22.4. The van der Waals surface area contributed by atoms with Gasteiger partial charge in [-0.05, 0) is 59.5 Å². The normalized spacial score (nSPS) is 11.5. The zero-order valence-electron chi connectivity index (χ0n) is 18.0. The van der Waals surface area contributed by atoms with Crippen molar-refractivity contribution in [3.05, 3.63) is 77.9 Å². The Bertz CT molecular complexity index is 1130. The van der Waals surface area contributed by atoms with Crippen molar-refractivity contribution in [3.8, 4) is 0 Å². The van der Waals surface area contributed by atoms with Crippen molar-refractivity contribution in [1.29, 1.82) is 0 Å². The third-order valence-electron chi connectivity index (χ3n) is 5.38. The maximum absolute atomic E-state index is 13.2. The Morgan fingerprint density at radius 2 is 1.74 bits per heavy atom. The Labute approximate surface area is 182 Å². The number of aromatic carboxylic acids is 1. The van der Waals surface area contributed by atoms with Crippen LogP contribution in [0.5, 0.6) is 0 Å². The van der Waals surface area contributed by atoms with Gasteiger partial charge in [0.1, 0.15) is 0 Å². The molecule has 0 bridgehead atoms. The van der Waals surface area contributed by atoms with Gasteiger partial charge in [0.25, 0.3) is 5.91 Å². The summed E-state index contributed by atoms with van der Waals surface area (Å²) in [5.74, 6) is -1.29. The van der Waals surface area contributed by atoms with E-state index < -0.39 is 5.97 Å². The Morgan fingerprint density at radius 3 is 2.45 bits per heavy atom. The van der Waals surface area contributed by atoms with Gasteiger partial charge in [-0.3, -0.25) is 4.79 Å². The van der Waals surface area contributed by atoms with Crippen molar-refractivity contribution >= 4 is 39.6 Å². The number of nitrogens with two attached hydrogens (primary N) is 1. The maximum atomic E-state index is 13.2. The minimum atomic E-state index is -1.11. The Morgan fingerprint density at radius 1 is 1.00 bits per heavy atom. The number of nitrogen functional groups attached to an aromatic ring is 1. The molecule has 0 atom stereocenters. The molecule has 3 aromatic rings. The number of nitrogens with zero attached hydrogens (tertiary/aromatic N) is 1. The van der Waals surface area contributed by atoms with E-state index >= 15 is 0 Å². The van der Waals surface area contributed by atoms with Crippen LogP contribution in [0.1, 0.15) is 49.0 Å². The summed E-state index contributed by atoms with van der Waals surface area (Å²) in [6.45, 7) is 4.52. The fourth-order valence-electron chi connectivity index (χ4n) is 3.56. The molecule has 0 aliphatic heterocycles. The second kappa shape index (κ2) is 9.94. The molecule has 0 aliphatic carbocycles. The second-order valence-corrected chi connectivity index (χ2v) is 7.66. The van der Waals surface area contributed by atoms with Crippen LogP contribution in [-0.2, 0) is 4.79 Å². The van der Waals surface area contributed by atoms with Crippen LogP contribution in [0.3, 0.4) is 0 Å². The van der Waals surface area contributed by atoms with Gasteiger partial charge in [-0.1, -0.05) is 56.2 Å². The minimum absolute atomic E-state index is 0.000947. The van der Waals surface area contributed by atoms with Crippen LogP contribution >= 0.6 is 0 Å². The molecular weight excluding hydrogens is 388 g/mol. The summed E-state index contributed by atoms with van der Waals surface area (Å²) in [7, 11) is 0. The minimum Gasteiger partial charge on any atom is -0.478 e. The average molecular weight is 417 g/mol. The molecule has 3 N–H and O–H groups in total. The monoisotopic (exact) mass is 416 g/mol. The van der Waals surface area contributed by atoms with E-state index in [-0.39, 0.29) is 17.2 Å². The summed E-state index contributed by atoms with van der Waals surface area (Å²) in [6.07, 6.45) is 4.46. The molecule has 0 saturated heterocycles. The second-order valence-electron chi connectivity index (χ2n) is 7.66. The van der Waals surface area contributed by atoms with Gasteiger partial charge in [-0.2, -0.15) is 0 Å². The first-order valence-electron chi connectivity index (χ1n) is 10.5. The van der Waals surface area contributed by atoms with Crippen molar-refractivity contribution < 1.29 is 14.7 Å². The van der Waals surface area contributed by atoms with Gasteiger partial charge in [-0.15, -0.1) is 0 Å². The van der Waals surface area contributed by atoms with Gasteiger partial charge in [-0.25, -0.2) is 4.79 Å². The number of carbonyl (C=O) groups is 2. The number of hydrogen-bond acceptors (Lipinski definition) is 3. The average Bonchev–Trinajstić information content (AvgIpc) is 2.76. The highest BCUT2D eigenvalue weighted by Crippen LogP contribution is 2.25. The van der Waals surface area contributed by atoms with E-state index in [1.807, 2.05) is 37.3 Å². The quantitative estimate of drug-likeness (QED) is 0.278. The number of hydrogen-bond donors (Lipinski definition) is 2. The molecule has 0 saturated carbocycles. The fraction of sp³-hybridized carbons (Fsp3) is 0.231. The maximum Gasteiger partial charge on any atom is 0.337 e. The number of amides is 1. The number of rotatable bonds is 8. The molecule has 0 aromatic heterocycles. The highest BCUT2D eigenvalue weighted by molar-refractivity contribution is 6.07. The lowest BCUT2D eigenvalue weighted by molar-refractivity contribution is -0.114. The molecule has 0 unspecified atom stereocenters. The van der Waals surface area contributed by atoms with E-state index in [1.165, 1.54) is 6.07 Å². The molecular formula is C26H28N2O3. The third-order valence-corrected chi connectivity index (χ3v) is 5.38. The van der Waals surface area contributed by atoms with Gasteiger partial charge < -0.3 is 15.7 Å². The summed E-state index contributed by atoms with van der Waals surface area (Å²) in [5, 5.41) is 11.7. The van der Waals surface area contributed by atoms with E-state index in [0.29, 0.717) is 12.2 Å². The molecule has 5 heteroatoms. The highest BCUT2D eigenvalue weighted by Gasteiger charge is 2.17. The first kappa shape index (κ1) is 22.1. The molecule has 0 spiro atoms. The van der Waals surface area contributed by atoms with E-state index in [2.05, 4.69) is 19.1 Å². The molecule has 3 aromatic carbocycles. The number of anilines is 2. The van der Waals surface area contributed by atoms with Crippen molar-refractivity contribution in [1.82, 2.24) is 0 Å². The van der Waals surface area contributed by atoms with E-state index in [0.717, 1.165) is 41.2 Å². The van der Waals surface area contributed by atoms with Crippen molar-refractivity contribution in [2.75, 3.05) is 17.2 Å². The number of carboxylic acids is 1. The smallest absolute Gasteiger partial charge is 0.337 e. The zero-order valence-corrected chi connectivity index (χ0v) is 18.0. The van der Waals surface area contributed by atoms with Crippen LogP contribution in [0.4, 0.5) is 11.4 Å². The highest BCUT2D eigenvalue weighted by atomic mass is 16.4. The number of benzene rings is 3. The largest absolute Gasteiger partial charge is 0.478 e. The van der Waals surface area contributed by atoms with Gasteiger partial charge in [0, 0.05) is 24.0 Å². The predicted molar refractivity (Wildman–Crippen MR) is 127 cm³/mol. The molecule has 0 heterocycles. The van der Waals surface area contributed by atoms with Crippen molar-refractivity contribution in [2.24, 2.45) is 0 Å².